The van der Waals surface area contributed by atoms with Gasteiger partial charge in [-0.15, -0.1) is 0 Å². The summed E-state index contributed by atoms with van der Waals surface area (Å²) in [5.41, 5.74) is 0. The Kier molecular flexibility index (Phi) is 53.4. The Balaban J connectivity index is 3.97. The van der Waals surface area contributed by atoms with Gasteiger partial charge in [0.15, 0.2) is 6.10 Å². The number of esters is 3. The molecule has 0 bridgehead atoms. The zero-order valence-electron chi connectivity index (χ0n) is 44.6. The van der Waals surface area contributed by atoms with E-state index in [1.807, 2.05) is 0 Å². The second-order valence-electron chi connectivity index (χ2n) is 18.8. The third-order valence-corrected chi connectivity index (χ3v) is 12.1. The highest BCUT2D eigenvalue weighted by Crippen LogP contribution is 2.15. The van der Waals surface area contributed by atoms with Crippen molar-refractivity contribution in [2.45, 2.75) is 277 Å². The summed E-state index contributed by atoms with van der Waals surface area (Å²) in [6.45, 7) is 6.42. The van der Waals surface area contributed by atoms with Crippen LogP contribution in [0.2, 0.25) is 0 Å². The number of carbonyl (C=O) groups is 3. The highest BCUT2D eigenvalue weighted by Gasteiger charge is 2.19. The molecule has 6 heteroatoms. The van der Waals surface area contributed by atoms with Gasteiger partial charge in [-0.2, -0.15) is 0 Å². The first kappa shape index (κ1) is 64.6. The maximum Gasteiger partial charge on any atom is 0.306 e. The van der Waals surface area contributed by atoms with Crippen LogP contribution in [-0.4, -0.2) is 37.2 Å². The number of carbonyl (C=O) groups excluding carboxylic acids is 3. The summed E-state index contributed by atoms with van der Waals surface area (Å²) in [6, 6.07) is 0. The van der Waals surface area contributed by atoms with Gasteiger partial charge in [-0.3, -0.25) is 14.4 Å². The van der Waals surface area contributed by atoms with Crippen LogP contribution >= 0.6 is 0 Å². The van der Waals surface area contributed by atoms with E-state index in [1.165, 1.54) is 122 Å². The average Bonchev–Trinajstić information content (AvgIpc) is 3.34. The van der Waals surface area contributed by atoms with Crippen LogP contribution in [0.4, 0.5) is 0 Å². The van der Waals surface area contributed by atoms with Crippen LogP contribution in [0, 0.1) is 0 Å². The molecule has 0 aromatic carbocycles. The molecule has 0 saturated carbocycles. The number of allylic oxidation sites excluding steroid dienone is 14. The van der Waals surface area contributed by atoms with Gasteiger partial charge in [-0.05, 0) is 89.9 Å². The van der Waals surface area contributed by atoms with Crippen LogP contribution < -0.4 is 0 Å². The van der Waals surface area contributed by atoms with Crippen molar-refractivity contribution >= 4 is 17.9 Å². The predicted molar refractivity (Wildman–Crippen MR) is 293 cm³/mol. The summed E-state index contributed by atoms with van der Waals surface area (Å²) in [5, 5.41) is 0. The zero-order chi connectivity index (χ0) is 49.3. The van der Waals surface area contributed by atoms with Gasteiger partial charge in [0.1, 0.15) is 13.2 Å². The summed E-state index contributed by atoms with van der Waals surface area (Å²) in [5.74, 6) is -0.895. The molecule has 0 amide bonds. The molecule has 0 fully saturated rings. The molecule has 0 aliphatic rings. The number of unbranched alkanes of at least 4 members (excludes halogenated alkanes) is 26. The van der Waals surface area contributed by atoms with Crippen LogP contribution in [0.3, 0.4) is 0 Å². The molecular formula is C62H106O6. The fourth-order valence-electron chi connectivity index (χ4n) is 7.84. The lowest BCUT2D eigenvalue weighted by atomic mass is 10.0. The smallest absolute Gasteiger partial charge is 0.306 e. The highest BCUT2D eigenvalue weighted by molar-refractivity contribution is 5.71. The summed E-state index contributed by atoms with van der Waals surface area (Å²) < 4.78 is 16.7. The van der Waals surface area contributed by atoms with Gasteiger partial charge in [0, 0.05) is 19.3 Å². The van der Waals surface area contributed by atoms with E-state index < -0.39 is 6.10 Å². The summed E-state index contributed by atoms with van der Waals surface area (Å²) >= 11 is 0. The first-order chi connectivity index (χ1) is 33.5. The minimum Gasteiger partial charge on any atom is -0.462 e. The maximum absolute atomic E-state index is 12.7. The largest absolute Gasteiger partial charge is 0.462 e. The van der Waals surface area contributed by atoms with Crippen molar-refractivity contribution < 1.29 is 28.6 Å². The third kappa shape index (κ3) is 53.5. The molecule has 0 aliphatic heterocycles. The standard InChI is InChI=1S/C62H106O6/c1-4-7-10-13-16-18-20-21-22-23-24-25-26-27-28-29-30-31-32-33-34-35-36-37-38-39-40-41-43-44-46-49-52-55-61(64)67-58-59(57-66-60(63)54-51-48-15-12-9-6-3)68-62(65)56-53-50-47-45-42-19-17-14-11-8-5-2/h7,10,14,16-18,21-22,24-25,27-28,30-31,59H,4-6,8-9,11-13,15,19-20,23,26,29,32-58H2,1-3H3/b10-7-,17-14-,18-16-,22-21-,25-24-,28-27-,31-30-. The maximum atomic E-state index is 12.7. The van der Waals surface area contributed by atoms with Crippen molar-refractivity contribution in [3.8, 4) is 0 Å². The minimum atomic E-state index is -0.774. The number of hydrogen-bond donors (Lipinski definition) is 0. The predicted octanol–water partition coefficient (Wildman–Crippen LogP) is 19.2. The molecule has 0 aliphatic carbocycles. The topological polar surface area (TPSA) is 78.9 Å². The summed E-state index contributed by atoms with van der Waals surface area (Å²) in [4.78, 5) is 37.7. The lowest BCUT2D eigenvalue weighted by Crippen LogP contribution is -2.30. The van der Waals surface area contributed by atoms with Crippen molar-refractivity contribution in [1.29, 1.82) is 0 Å². The van der Waals surface area contributed by atoms with Gasteiger partial charge >= 0.3 is 17.9 Å². The van der Waals surface area contributed by atoms with Gasteiger partial charge in [0.25, 0.3) is 0 Å². The molecule has 390 valence electrons. The van der Waals surface area contributed by atoms with Crippen LogP contribution in [-0.2, 0) is 28.6 Å². The molecule has 6 nitrogen and oxygen atoms in total. The molecule has 0 heterocycles. The molecule has 0 N–H and O–H groups in total. The lowest BCUT2D eigenvalue weighted by Gasteiger charge is -2.18. The van der Waals surface area contributed by atoms with E-state index in [1.54, 1.807) is 0 Å². The molecule has 1 unspecified atom stereocenters. The Bertz CT molecular complexity index is 1320. The van der Waals surface area contributed by atoms with E-state index >= 15 is 0 Å². The average molecular weight is 948 g/mol. The van der Waals surface area contributed by atoms with E-state index in [-0.39, 0.29) is 31.1 Å². The van der Waals surface area contributed by atoms with Gasteiger partial charge in [-0.25, -0.2) is 0 Å². The van der Waals surface area contributed by atoms with Crippen LogP contribution in [0.1, 0.15) is 271 Å². The first-order valence-electron chi connectivity index (χ1n) is 28.6. The Morgan fingerprint density at radius 2 is 0.588 bits per heavy atom. The lowest BCUT2D eigenvalue weighted by molar-refractivity contribution is -0.167. The quantitative estimate of drug-likeness (QED) is 0.0262. The second kappa shape index (κ2) is 56.2. The Morgan fingerprint density at radius 1 is 0.309 bits per heavy atom. The Hall–Kier alpha value is -3.41. The highest BCUT2D eigenvalue weighted by atomic mass is 16.6. The molecule has 0 aromatic rings. The molecule has 1 atom stereocenters. The van der Waals surface area contributed by atoms with E-state index in [2.05, 4.69) is 106 Å². The van der Waals surface area contributed by atoms with Gasteiger partial charge in [-0.1, -0.05) is 247 Å². The van der Waals surface area contributed by atoms with E-state index in [0.29, 0.717) is 19.3 Å². The third-order valence-electron chi connectivity index (χ3n) is 12.1. The first-order valence-corrected chi connectivity index (χ1v) is 28.6. The fourth-order valence-corrected chi connectivity index (χ4v) is 7.84. The van der Waals surface area contributed by atoms with E-state index in [4.69, 9.17) is 14.2 Å². The van der Waals surface area contributed by atoms with Gasteiger partial charge < -0.3 is 14.2 Å². The monoisotopic (exact) mass is 947 g/mol. The molecule has 0 saturated heterocycles. The van der Waals surface area contributed by atoms with Gasteiger partial charge in [0.05, 0.1) is 0 Å². The number of ether oxygens (including phenoxy) is 3. The van der Waals surface area contributed by atoms with Crippen LogP contribution in [0.15, 0.2) is 85.1 Å². The van der Waals surface area contributed by atoms with E-state index in [9.17, 15) is 14.4 Å². The molecule has 68 heavy (non-hydrogen) atoms. The van der Waals surface area contributed by atoms with E-state index in [0.717, 1.165) is 109 Å². The molecule has 0 spiro atoms. The second-order valence-corrected chi connectivity index (χ2v) is 18.8. The molecular weight excluding hydrogens is 841 g/mol. The number of rotatable bonds is 51. The van der Waals surface area contributed by atoms with Crippen molar-refractivity contribution in [3.05, 3.63) is 85.1 Å². The van der Waals surface area contributed by atoms with Crippen molar-refractivity contribution in [3.63, 3.8) is 0 Å². The van der Waals surface area contributed by atoms with Crippen molar-refractivity contribution in [1.82, 2.24) is 0 Å². The summed E-state index contributed by atoms with van der Waals surface area (Å²) in [6.07, 6.45) is 73.4. The van der Waals surface area contributed by atoms with Gasteiger partial charge in [0.2, 0.25) is 0 Å². The zero-order valence-corrected chi connectivity index (χ0v) is 44.6. The van der Waals surface area contributed by atoms with Crippen molar-refractivity contribution in [2.24, 2.45) is 0 Å². The Labute approximate surface area is 420 Å². The molecule has 0 rings (SSSR count). The number of hydrogen-bond acceptors (Lipinski definition) is 6. The minimum absolute atomic E-state index is 0.0776. The Morgan fingerprint density at radius 3 is 0.956 bits per heavy atom. The summed E-state index contributed by atoms with van der Waals surface area (Å²) in [7, 11) is 0. The van der Waals surface area contributed by atoms with Crippen LogP contribution in [0.25, 0.3) is 0 Å². The SMILES string of the molecule is CC/C=C\C/C=C\C/C=C\C/C=C\C/C=C\C/C=C\CCCCCCCCCCCCCCCCC(=O)OCC(COC(=O)CCCCCCCC)OC(=O)CCCCCCC/C=C\CCCC. The van der Waals surface area contributed by atoms with Crippen molar-refractivity contribution in [2.75, 3.05) is 13.2 Å². The molecule has 0 radical (unpaired) electrons. The fraction of sp³-hybridized carbons (Fsp3) is 0.726. The molecule has 0 aromatic heterocycles. The normalized spacial score (nSPS) is 12.7. The van der Waals surface area contributed by atoms with Crippen LogP contribution in [0.5, 0.6) is 0 Å².